The van der Waals surface area contributed by atoms with Gasteiger partial charge in [-0.15, -0.1) is 0 Å². The first-order valence-electron chi connectivity index (χ1n) is 11.8. The molecule has 4 N–H and O–H groups in total. The van der Waals surface area contributed by atoms with Gasteiger partial charge in [0.25, 0.3) is 0 Å². The molecule has 0 radical (unpaired) electrons. The van der Waals surface area contributed by atoms with Crippen molar-refractivity contribution in [1.82, 2.24) is 9.88 Å². The number of fused-ring (bicyclic) bond motifs is 1. The van der Waals surface area contributed by atoms with Gasteiger partial charge in [-0.25, -0.2) is 9.18 Å². The number of anilines is 2. The zero-order valence-corrected chi connectivity index (χ0v) is 19.1. The third-order valence-corrected chi connectivity index (χ3v) is 7.20. The summed E-state index contributed by atoms with van der Waals surface area (Å²) in [7, 11) is 0. The van der Waals surface area contributed by atoms with E-state index in [4.69, 9.17) is 5.73 Å². The van der Waals surface area contributed by atoms with Crippen molar-refractivity contribution in [2.45, 2.75) is 50.7 Å². The van der Waals surface area contributed by atoms with Gasteiger partial charge in [0.15, 0.2) is 5.82 Å². The summed E-state index contributed by atoms with van der Waals surface area (Å²) in [6.45, 7) is 3.61. The fourth-order valence-corrected chi connectivity index (χ4v) is 5.22. The molecule has 1 aliphatic carbocycles. The van der Waals surface area contributed by atoms with Crippen LogP contribution in [0.25, 0.3) is 10.9 Å². The molecule has 2 unspecified atom stereocenters. The Morgan fingerprint density at radius 2 is 1.94 bits per heavy atom. The number of hydrogen-bond donors (Lipinski definition) is 3. The number of nitrogens with one attached hydrogen (secondary N) is 1. The van der Waals surface area contributed by atoms with Crippen molar-refractivity contribution < 1.29 is 14.3 Å². The average molecular weight is 465 g/mol. The molecule has 178 valence electrons. The number of nitrogens with two attached hydrogens (primary N) is 1. The lowest BCUT2D eigenvalue weighted by molar-refractivity contribution is 0.0695. The zero-order valence-electron chi connectivity index (χ0n) is 19.1. The Balaban J connectivity index is 1.34. The minimum Gasteiger partial charge on any atom is -0.477 e. The second-order valence-electron chi connectivity index (χ2n) is 9.27. The maximum atomic E-state index is 15.3. The van der Waals surface area contributed by atoms with E-state index >= 15 is 4.39 Å². The number of nitrogen functional groups attached to an aromatic ring is 1. The van der Waals surface area contributed by atoms with Crippen molar-refractivity contribution in [2.24, 2.45) is 0 Å². The molecule has 2 aliphatic rings. The van der Waals surface area contributed by atoms with Crippen LogP contribution >= 0.6 is 0 Å². The number of hydrogen-bond acceptors (Lipinski definition) is 5. The van der Waals surface area contributed by atoms with Gasteiger partial charge < -0.3 is 25.6 Å². The maximum Gasteiger partial charge on any atom is 0.341 e. The van der Waals surface area contributed by atoms with Gasteiger partial charge in [0.1, 0.15) is 5.56 Å². The molecule has 0 amide bonds. The van der Waals surface area contributed by atoms with E-state index in [9.17, 15) is 14.7 Å². The van der Waals surface area contributed by atoms with Crippen LogP contribution in [-0.4, -0.2) is 40.8 Å². The molecule has 1 aliphatic heterocycles. The predicted octanol–water partition coefficient (Wildman–Crippen LogP) is 3.56. The Hall–Kier alpha value is -3.39. The largest absolute Gasteiger partial charge is 0.477 e. The van der Waals surface area contributed by atoms with Crippen LogP contribution in [0.2, 0.25) is 0 Å². The molecule has 0 bridgehead atoms. The summed E-state index contributed by atoms with van der Waals surface area (Å²) in [5, 5.41) is 13.1. The lowest BCUT2D eigenvalue weighted by atomic mass is 10.0. The van der Waals surface area contributed by atoms with E-state index < -0.39 is 22.8 Å². The molecule has 1 saturated carbocycles. The van der Waals surface area contributed by atoms with Gasteiger partial charge in [-0.05, 0) is 37.8 Å². The molecule has 1 saturated heterocycles. The Kier molecular flexibility index (Phi) is 5.77. The molecule has 7 nitrogen and oxygen atoms in total. The summed E-state index contributed by atoms with van der Waals surface area (Å²) in [6, 6.07) is 13.1. The molecule has 3 aromatic rings. The van der Waals surface area contributed by atoms with Gasteiger partial charge >= 0.3 is 5.97 Å². The SMILES string of the molecule is CCn1cc(C(=O)O)c(=O)c2c(N)c(F)c(N3CCC(NC4CC4c4ccccc4)CC3)cc21. The number of halogens is 1. The molecule has 2 fully saturated rings. The summed E-state index contributed by atoms with van der Waals surface area (Å²) in [6.07, 6.45) is 4.22. The van der Waals surface area contributed by atoms with Crippen molar-refractivity contribution in [3.63, 3.8) is 0 Å². The molecule has 5 rings (SSSR count). The lowest BCUT2D eigenvalue weighted by Gasteiger charge is -2.35. The van der Waals surface area contributed by atoms with E-state index in [0.29, 0.717) is 48.8 Å². The van der Waals surface area contributed by atoms with Crippen molar-refractivity contribution in [2.75, 3.05) is 23.7 Å². The molecule has 2 atom stereocenters. The maximum absolute atomic E-state index is 15.3. The minimum absolute atomic E-state index is 0.0692. The van der Waals surface area contributed by atoms with Gasteiger partial charge in [-0.2, -0.15) is 0 Å². The highest BCUT2D eigenvalue weighted by Gasteiger charge is 2.39. The molecule has 1 aromatic heterocycles. The Labute approximate surface area is 197 Å². The van der Waals surface area contributed by atoms with Gasteiger partial charge in [-0.3, -0.25) is 4.79 Å². The normalized spacial score (nSPS) is 20.6. The monoisotopic (exact) mass is 464 g/mol. The molecule has 8 heteroatoms. The first kappa shape index (κ1) is 22.4. The molecule has 2 aromatic carbocycles. The van der Waals surface area contributed by atoms with Crippen LogP contribution in [-0.2, 0) is 6.54 Å². The number of rotatable bonds is 6. The fraction of sp³-hybridized carbons (Fsp3) is 0.385. The third-order valence-electron chi connectivity index (χ3n) is 7.20. The van der Waals surface area contributed by atoms with Crippen LogP contribution in [0.1, 0.15) is 48.0 Å². The molecular weight excluding hydrogens is 435 g/mol. The number of pyridine rings is 1. The van der Waals surface area contributed by atoms with Gasteiger partial charge in [0.05, 0.1) is 22.3 Å². The summed E-state index contributed by atoms with van der Waals surface area (Å²) >= 11 is 0. The fourth-order valence-electron chi connectivity index (χ4n) is 5.22. The van der Waals surface area contributed by atoms with Crippen molar-refractivity contribution in [3.8, 4) is 0 Å². The molecular formula is C26H29FN4O3. The van der Waals surface area contributed by atoms with Gasteiger partial charge in [0, 0.05) is 43.8 Å². The first-order valence-corrected chi connectivity index (χ1v) is 11.8. The van der Waals surface area contributed by atoms with Crippen molar-refractivity contribution in [1.29, 1.82) is 0 Å². The standard InChI is InChI=1S/C26H29FN4O3/c1-2-30-14-18(26(33)34)25(32)22-20(30)13-21(23(27)24(22)28)31-10-8-16(9-11-31)29-19-12-17(19)15-6-4-3-5-7-15/h3-7,13-14,16-17,19,29H,2,8-12,28H2,1H3,(H,33,34). The van der Waals surface area contributed by atoms with E-state index in [1.54, 1.807) is 10.6 Å². The Morgan fingerprint density at radius 3 is 2.59 bits per heavy atom. The Bertz CT molecular complexity index is 1300. The summed E-state index contributed by atoms with van der Waals surface area (Å²) in [5.74, 6) is -1.44. The van der Waals surface area contributed by atoms with Crippen molar-refractivity contribution >= 4 is 28.2 Å². The lowest BCUT2D eigenvalue weighted by Crippen LogP contribution is -2.44. The Morgan fingerprint density at radius 1 is 1.24 bits per heavy atom. The quantitative estimate of drug-likeness (QED) is 0.483. The van der Waals surface area contributed by atoms with Crippen LogP contribution < -0.4 is 21.4 Å². The number of aromatic nitrogens is 1. The van der Waals surface area contributed by atoms with Gasteiger partial charge in [0.2, 0.25) is 5.43 Å². The van der Waals surface area contributed by atoms with E-state index in [1.807, 2.05) is 17.9 Å². The number of aromatic carboxylic acids is 1. The second kappa shape index (κ2) is 8.76. The highest BCUT2D eigenvalue weighted by Crippen LogP contribution is 2.41. The van der Waals surface area contributed by atoms with Crippen LogP contribution in [0.15, 0.2) is 47.4 Å². The highest BCUT2D eigenvalue weighted by molar-refractivity contribution is 5.99. The summed E-state index contributed by atoms with van der Waals surface area (Å²) in [4.78, 5) is 26.2. The van der Waals surface area contributed by atoms with E-state index in [0.717, 1.165) is 19.3 Å². The molecule has 0 spiro atoms. The molecule has 34 heavy (non-hydrogen) atoms. The average Bonchev–Trinajstić information content (AvgIpc) is 3.61. The first-order chi connectivity index (χ1) is 16.4. The van der Waals surface area contributed by atoms with E-state index in [2.05, 4.69) is 29.6 Å². The van der Waals surface area contributed by atoms with E-state index in [-0.39, 0.29) is 11.1 Å². The van der Waals surface area contributed by atoms with E-state index in [1.165, 1.54) is 11.8 Å². The molecule has 2 heterocycles. The van der Waals surface area contributed by atoms with Crippen LogP contribution in [0.3, 0.4) is 0 Å². The van der Waals surface area contributed by atoms with Crippen LogP contribution in [0.4, 0.5) is 15.8 Å². The number of carboxylic acid groups (broad SMARTS) is 1. The second-order valence-corrected chi connectivity index (χ2v) is 9.27. The number of benzene rings is 2. The topological polar surface area (TPSA) is 101 Å². The zero-order chi connectivity index (χ0) is 24.0. The van der Waals surface area contributed by atoms with Crippen molar-refractivity contribution in [3.05, 3.63) is 69.8 Å². The third kappa shape index (κ3) is 3.92. The highest BCUT2D eigenvalue weighted by atomic mass is 19.1. The number of aryl methyl sites for hydroxylation is 1. The smallest absolute Gasteiger partial charge is 0.341 e. The number of carboxylic acids is 1. The summed E-state index contributed by atoms with van der Waals surface area (Å²) < 4.78 is 17.0. The summed E-state index contributed by atoms with van der Waals surface area (Å²) in [5.41, 5.74) is 6.81. The number of carbonyl (C=O) groups is 1. The van der Waals surface area contributed by atoms with Crippen LogP contribution in [0.5, 0.6) is 0 Å². The predicted molar refractivity (Wildman–Crippen MR) is 131 cm³/mol. The minimum atomic E-state index is -1.35. The van der Waals surface area contributed by atoms with Gasteiger partial charge in [-0.1, -0.05) is 30.3 Å². The number of piperidine rings is 1. The van der Waals surface area contributed by atoms with Crippen LogP contribution in [0, 0.1) is 5.82 Å². The number of nitrogens with zero attached hydrogens (tertiary/aromatic N) is 2.